The molecule has 1 amide bonds. The van der Waals surface area contributed by atoms with Crippen LogP contribution in [0.2, 0.25) is 0 Å². The van der Waals surface area contributed by atoms with Gasteiger partial charge in [0, 0.05) is 18.8 Å². The van der Waals surface area contributed by atoms with Crippen molar-refractivity contribution in [2.75, 3.05) is 6.54 Å². The van der Waals surface area contributed by atoms with Crippen LogP contribution in [0.3, 0.4) is 0 Å². The Morgan fingerprint density at radius 2 is 2.21 bits per heavy atom. The van der Waals surface area contributed by atoms with Crippen LogP contribution in [-0.2, 0) is 10.1 Å². The third-order valence-corrected chi connectivity index (χ3v) is 3.27. The molecule has 3 N–H and O–H groups in total. The molecule has 0 radical (unpaired) electrons. The van der Waals surface area contributed by atoms with Crippen LogP contribution in [0.25, 0.3) is 0 Å². The van der Waals surface area contributed by atoms with Crippen molar-refractivity contribution < 1.29 is 15.0 Å². The molecule has 5 nitrogen and oxygen atoms in total. The molecule has 1 rings (SSSR count). The van der Waals surface area contributed by atoms with Crippen LogP contribution in [0, 0.1) is 11.3 Å². The molecule has 0 aliphatic carbocycles. The van der Waals surface area contributed by atoms with Crippen molar-refractivity contribution in [3.63, 3.8) is 0 Å². The standard InChI is InChI=1S/C13H15BrN2O3/c1-8(17)16-7-12(18)13(19)11-4-9(6-15)2-3-10(11)5-14/h2-4,12-13,18-19H,5,7H2,1H3,(H,16,17). The first-order chi connectivity index (χ1) is 8.99. The minimum atomic E-state index is -1.16. The molecule has 2 unspecified atom stereocenters. The van der Waals surface area contributed by atoms with Gasteiger partial charge in [-0.15, -0.1) is 0 Å². The highest BCUT2D eigenvalue weighted by Crippen LogP contribution is 2.24. The smallest absolute Gasteiger partial charge is 0.216 e. The summed E-state index contributed by atoms with van der Waals surface area (Å²) >= 11 is 3.29. The number of carbonyl (C=O) groups is 1. The zero-order chi connectivity index (χ0) is 14.4. The molecule has 0 fully saturated rings. The van der Waals surface area contributed by atoms with E-state index in [-0.39, 0.29) is 12.5 Å². The van der Waals surface area contributed by atoms with E-state index in [1.807, 2.05) is 6.07 Å². The molecule has 0 aromatic heterocycles. The van der Waals surface area contributed by atoms with Gasteiger partial charge in [0.05, 0.1) is 11.6 Å². The van der Waals surface area contributed by atoms with Crippen LogP contribution in [0.5, 0.6) is 0 Å². The van der Waals surface area contributed by atoms with Crippen molar-refractivity contribution in [2.45, 2.75) is 24.5 Å². The van der Waals surface area contributed by atoms with Crippen LogP contribution in [0.1, 0.15) is 29.7 Å². The molecule has 0 aliphatic heterocycles. The van der Waals surface area contributed by atoms with Gasteiger partial charge in [0.1, 0.15) is 12.2 Å². The summed E-state index contributed by atoms with van der Waals surface area (Å²) in [6.07, 6.45) is -2.29. The van der Waals surface area contributed by atoms with Crippen LogP contribution in [-0.4, -0.2) is 28.8 Å². The first-order valence-electron chi connectivity index (χ1n) is 5.69. The van der Waals surface area contributed by atoms with Crippen molar-refractivity contribution in [3.8, 4) is 6.07 Å². The van der Waals surface area contributed by atoms with Crippen LogP contribution < -0.4 is 5.32 Å². The number of benzene rings is 1. The monoisotopic (exact) mass is 326 g/mol. The average molecular weight is 327 g/mol. The molecule has 0 heterocycles. The van der Waals surface area contributed by atoms with Gasteiger partial charge in [-0.05, 0) is 23.3 Å². The second kappa shape index (κ2) is 7.24. The summed E-state index contributed by atoms with van der Waals surface area (Å²) in [6.45, 7) is 1.29. The minimum Gasteiger partial charge on any atom is -0.388 e. The number of aliphatic hydroxyl groups excluding tert-OH is 2. The number of halogens is 1. The van der Waals surface area contributed by atoms with E-state index in [1.54, 1.807) is 12.1 Å². The minimum absolute atomic E-state index is 0.0466. The van der Waals surface area contributed by atoms with Crippen molar-refractivity contribution in [2.24, 2.45) is 0 Å². The van der Waals surface area contributed by atoms with Gasteiger partial charge in [0.15, 0.2) is 0 Å². The molecule has 0 saturated carbocycles. The largest absolute Gasteiger partial charge is 0.388 e. The van der Waals surface area contributed by atoms with E-state index in [1.165, 1.54) is 13.0 Å². The van der Waals surface area contributed by atoms with Crippen molar-refractivity contribution in [1.82, 2.24) is 5.32 Å². The van der Waals surface area contributed by atoms with E-state index in [0.717, 1.165) is 5.56 Å². The first-order valence-corrected chi connectivity index (χ1v) is 6.81. The molecular formula is C13H15BrN2O3. The topological polar surface area (TPSA) is 93.3 Å². The van der Waals surface area contributed by atoms with E-state index >= 15 is 0 Å². The Kier molecular flexibility index (Phi) is 5.96. The summed E-state index contributed by atoms with van der Waals surface area (Å²) in [4.78, 5) is 10.8. The number of aliphatic hydroxyl groups is 2. The Morgan fingerprint density at radius 3 is 2.74 bits per heavy atom. The SMILES string of the molecule is CC(=O)NCC(O)C(O)c1cc(C#N)ccc1CBr. The molecule has 19 heavy (non-hydrogen) atoms. The fourth-order valence-electron chi connectivity index (χ4n) is 1.63. The molecule has 102 valence electrons. The molecule has 0 aliphatic rings. The normalized spacial score (nSPS) is 13.4. The lowest BCUT2D eigenvalue weighted by atomic mass is 9.97. The van der Waals surface area contributed by atoms with E-state index in [0.29, 0.717) is 16.5 Å². The maximum absolute atomic E-state index is 10.8. The van der Waals surface area contributed by atoms with Gasteiger partial charge < -0.3 is 15.5 Å². The maximum atomic E-state index is 10.8. The number of alkyl halides is 1. The molecule has 0 bridgehead atoms. The summed E-state index contributed by atoms with van der Waals surface area (Å²) in [5.41, 5.74) is 1.67. The number of hydrogen-bond donors (Lipinski definition) is 3. The number of amides is 1. The molecular weight excluding hydrogens is 312 g/mol. The molecule has 0 saturated heterocycles. The summed E-state index contributed by atoms with van der Waals surface area (Å²) in [6, 6.07) is 6.89. The van der Waals surface area contributed by atoms with Crippen LogP contribution in [0.15, 0.2) is 18.2 Å². The molecule has 1 aromatic carbocycles. The number of hydrogen-bond acceptors (Lipinski definition) is 4. The molecule has 1 aromatic rings. The second-order valence-electron chi connectivity index (χ2n) is 4.11. The van der Waals surface area contributed by atoms with Gasteiger partial charge in [-0.25, -0.2) is 0 Å². The van der Waals surface area contributed by atoms with E-state index in [2.05, 4.69) is 21.2 Å². The fourth-order valence-corrected chi connectivity index (χ4v) is 2.14. The highest BCUT2D eigenvalue weighted by Gasteiger charge is 2.21. The predicted octanol–water partition coefficient (Wildman–Crippen LogP) is 0.984. The lowest BCUT2D eigenvalue weighted by Crippen LogP contribution is -2.34. The number of carbonyl (C=O) groups excluding carboxylic acids is 1. The van der Waals surface area contributed by atoms with Gasteiger partial charge in [-0.1, -0.05) is 22.0 Å². The van der Waals surface area contributed by atoms with Gasteiger partial charge >= 0.3 is 0 Å². The van der Waals surface area contributed by atoms with E-state index < -0.39 is 12.2 Å². The molecule has 0 spiro atoms. The van der Waals surface area contributed by atoms with Gasteiger partial charge in [-0.3, -0.25) is 4.79 Å². The van der Waals surface area contributed by atoms with Crippen LogP contribution in [0.4, 0.5) is 0 Å². The number of nitrogens with one attached hydrogen (secondary N) is 1. The number of nitrogens with zero attached hydrogens (tertiary/aromatic N) is 1. The zero-order valence-corrected chi connectivity index (χ0v) is 12.0. The van der Waals surface area contributed by atoms with Crippen molar-refractivity contribution in [1.29, 1.82) is 5.26 Å². The first kappa shape index (κ1) is 15.6. The van der Waals surface area contributed by atoms with Gasteiger partial charge in [0.2, 0.25) is 5.91 Å². The quantitative estimate of drug-likeness (QED) is 0.703. The Morgan fingerprint density at radius 1 is 1.53 bits per heavy atom. The third-order valence-electron chi connectivity index (χ3n) is 2.66. The second-order valence-corrected chi connectivity index (χ2v) is 4.67. The molecule has 6 heteroatoms. The Balaban J connectivity index is 2.93. The third kappa shape index (κ3) is 4.31. The van der Waals surface area contributed by atoms with Crippen molar-refractivity contribution in [3.05, 3.63) is 34.9 Å². The van der Waals surface area contributed by atoms with E-state index in [9.17, 15) is 15.0 Å². The average Bonchev–Trinajstić information content (AvgIpc) is 2.42. The highest BCUT2D eigenvalue weighted by molar-refractivity contribution is 9.08. The van der Waals surface area contributed by atoms with E-state index in [4.69, 9.17) is 5.26 Å². The Bertz CT molecular complexity index is 499. The summed E-state index contributed by atoms with van der Waals surface area (Å²) in [7, 11) is 0. The van der Waals surface area contributed by atoms with Crippen molar-refractivity contribution >= 4 is 21.8 Å². The maximum Gasteiger partial charge on any atom is 0.216 e. The molecule has 2 atom stereocenters. The lowest BCUT2D eigenvalue weighted by Gasteiger charge is -2.20. The van der Waals surface area contributed by atoms with Gasteiger partial charge in [-0.2, -0.15) is 5.26 Å². The lowest BCUT2D eigenvalue weighted by molar-refractivity contribution is -0.119. The highest BCUT2D eigenvalue weighted by atomic mass is 79.9. The Hall–Kier alpha value is -1.42. The summed E-state index contributed by atoms with van der Waals surface area (Å²) in [5.74, 6) is -0.280. The summed E-state index contributed by atoms with van der Waals surface area (Å²) in [5, 5.41) is 31.7. The summed E-state index contributed by atoms with van der Waals surface area (Å²) < 4.78 is 0. The van der Waals surface area contributed by atoms with Gasteiger partial charge in [0.25, 0.3) is 0 Å². The zero-order valence-electron chi connectivity index (χ0n) is 10.4. The Labute approximate surface area is 120 Å². The number of nitriles is 1. The predicted molar refractivity (Wildman–Crippen MR) is 73.4 cm³/mol. The van der Waals surface area contributed by atoms with Crippen LogP contribution >= 0.6 is 15.9 Å². The fraction of sp³-hybridized carbons (Fsp3) is 0.385. The number of rotatable bonds is 5.